The number of halogens is 1. The fraction of sp³-hybridized carbons (Fsp3) is 0. The minimum atomic E-state index is 0.775. The smallest absolute Gasteiger partial charge is 0.0547 e. The zero-order valence-electron chi connectivity index (χ0n) is 26.0. The summed E-state index contributed by atoms with van der Waals surface area (Å²) in [7, 11) is 0. The van der Waals surface area contributed by atoms with E-state index in [1.165, 1.54) is 76.4 Å². The number of benzene rings is 9. The van der Waals surface area contributed by atoms with Crippen LogP contribution in [-0.4, -0.2) is 4.57 Å². The van der Waals surface area contributed by atoms with Gasteiger partial charge in [-0.1, -0.05) is 139 Å². The van der Waals surface area contributed by atoms with Gasteiger partial charge < -0.3 is 4.57 Å². The Morgan fingerprint density at radius 2 is 0.812 bits per heavy atom. The zero-order chi connectivity index (χ0) is 31.8. The molecule has 1 nitrogen and oxygen atoms in total. The number of para-hydroxylation sites is 2. The molecule has 0 saturated carbocycles. The maximum Gasteiger partial charge on any atom is 0.0547 e. The molecule has 0 aliphatic rings. The molecule has 10 rings (SSSR count). The standard InChI is InChI=1S/C46H28ClN/c47-43-26-25-35(30-15-8-9-20-36(30)43)39-27-41-34-19-7-5-17-32(34)40(28-42(41)33-18-6-4-16-31(33)39)37-22-12-24-45-46(37)38-21-10-11-23-44(38)48(45)29-13-2-1-3-14-29/h1-28H. The lowest BCUT2D eigenvalue weighted by molar-refractivity contribution is 1.18. The highest BCUT2D eigenvalue weighted by Crippen LogP contribution is 2.46. The van der Waals surface area contributed by atoms with Crippen molar-refractivity contribution in [3.05, 3.63) is 175 Å². The monoisotopic (exact) mass is 629 g/mol. The van der Waals surface area contributed by atoms with Crippen LogP contribution in [0.1, 0.15) is 0 Å². The van der Waals surface area contributed by atoms with Gasteiger partial charge in [-0.25, -0.2) is 0 Å². The van der Waals surface area contributed by atoms with E-state index in [4.69, 9.17) is 11.6 Å². The van der Waals surface area contributed by atoms with Crippen LogP contribution in [0.4, 0.5) is 0 Å². The summed E-state index contributed by atoms with van der Waals surface area (Å²) in [5.41, 5.74) is 8.48. The van der Waals surface area contributed by atoms with Crippen LogP contribution in [0.2, 0.25) is 5.02 Å². The average Bonchev–Trinajstić information content (AvgIpc) is 3.50. The predicted molar refractivity (Wildman–Crippen MR) is 207 cm³/mol. The summed E-state index contributed by atoms with van der Waals surface area (Å²) < 4.78 is 2.40. The zero-order valence-corrected chi connectivity index (χ0v) is 26.7. The summed E-state index contributed by atoms with van der Waals surface area (Å²) in [5.74, 6) is 0. The predicted octanol–water partition coefficient (Wildman–Crippen LogP) is 13.4. The molecule has 0 unspecified atom stereocenters. The molecule has 1 aromatic heterocycles. The van der Waals surface area contributed by atoms with Gasteiger partial charge in [0.2, 0.25) is 0 Å². The van der Waals surface area contributed by atoms with Crippen molar-refractivity contribution >= 4 is 76.5 Å². The van der Waals surface area contributed by atoms with Crippen molar-refractivity contribution in [1.29, 1.82) is 0 Å². The van der Waals surface area contributed by atoms with Crippen LogP contribution in [-0.2, 0) is 0 Å². The first-order chi connectivity index (χ1) is 23.8. The summed E-state index contributed by atoms with van der Waals surface area (Å²) in [6.45, 7) is 0. The fourth-order valence-corrected chi connectivity index (χ4v) is 8.22. The number of rotatable bonds is 3. The van der Waals surface area contributed by atoms with Crippen molar-refractivity contribution in [2.75, 3.05) is 0 Å². The Bertz CT molecular complexity index is 2900. The molecule has 0 aliphatic carbocycles. The third-order valence-corrected chi connectivity index (χ3v) is 10.4. The quantitative estimate of drug-likeness (QED) is 0.171. The molecule has 10 aromatic rings. The van der Waals surface area contributed by atoms with Gasteiger partial charge in [0.15, 0.2) is 0 Å². The first-order valence-corrected chi connectivity index (χ1v) is 16.8. The largest absolute Gasteiger partial charge is 0.309 e. The Labute approximate surface area is 282 Å². The minimum absolute atomic E-state index is 0.775. The van der Waals surface area contributed by atoms with Gasteiger partial charge in [0, 0.05) is 26.9 Å². The van der Waals surface area contributed by atoms with Crippen LogP contribution in [0.25, 0.3) is 92.8 Å². The number of hydrogen-bond acceptors (Lipinski definition) is 0. The molecular formula is C46H28ClN. The van der Waals surface area contributed by atoms with Gasteiger partial charge in [0.1, 0.15) is 0 Å². The van der Waals surface area contributed by atoms with Crippen LogP contribution < -0.4 is 0 Å². The van der Waals surface area contributed by atoms with Gasteiger partial charge in [-0.05, 0) is 102 Å². The summed E-state index contributed by atoms with van der Waals surface area (Å²) in [4.78, 5) is 0. The molecule has 0 fully saturated rings. The van der Waals surface area contributed by atoms with E-state index in [0.717, 1.165) is 21.5 Å². The molecule has 0 atom stereocenters. The van der Waals surface area contributed by atoms with E-state index >= 15 is 0 Å². The molecule has 0 spiro atoms. The molecule has 0 saturated heterocycles. The lowest BCUT2D eigenvalue weighted by Crippen LogP contribution is -1.93. The van der Waals surface area contributed by atoms with Gasteiger partial charge in [0.25, 0.3) is 0 Å². The molecular weight excluding hydrogens is 602 g/mol. The highest BCUT2D eigenvalue weighted by molar-refractivity contribution is 6.36. The number of nitrogens with zero attached hydrogens (tertiary/aromatic N) is 1. The third kappa shape index (κ3) is 3.92. The van der Waals surface area contributed by atoms with Crippen LogP contribution in [0.3, 0.4) is 0 Å². The topological polar surface area (TPSA) is 4.93 Å². The van der Waals surface area contributed by atoms with E-state index in [0.29, 0.717) is 0 Å². The average molecular weight is 630 g/mol. The van der Waals surface area contributed by atoms with Crippen molar-refractivity contribution in [2.24, 2.45) is 0 Å². The van der Waals surface area contributed by atoms with E-state index in [1.54, 1.807) is 0 Å². The Kier molecular flexibility index (Phi) is 6.00. The Balaban J connectivity index is 1.33. The molecule has 0 aliphatic heterocycles. The molecule has 1 heterocycles. The highest BCUT2D eigenvalue weighted by Gasteiger charge is 2.20. The molecule has 224 valence electrons. The molecule has 9 aromatic carbocycles. The first-order valence-electron chi connectivity index (χ1n) is 16.4. The van der Waals surface area contributed by atoms with Crippen LogP contribution in [0.15, 0.2) is 170 Å². The lowest BCUT2D eigenvalue weighted by Gasteiger charge is -2.17. The third-order valence-electron chi connectivity index (χ3n) is 10.0. The van der Waals surface area contributed by atoms with Crippen LogP contribution >= 0.6 is 11.6 Å². The summed E-state index contributed by atoms with van der Waals surface area (Å²) >= 11 is 6.70. The molecule has 0 N–H and O–H groups in total. The summed E-state index contributed by atoms with van der Waals surface area (Å²) in [6.07, 6.45) is 0. The molecule has 0 radical (unpaired) electrons. The second kappa shape index (κ2) is 10.6. The number of aromatic nitrogens is 1. The van der Waals surface area contributed by atoms with Gasteiger partial charge in [-0.15, -0.1) is 0 Å². The van der Waals surface area contributed by atoms with E-state index in [2.05, 4.69) is 168 Å². The molecule has 2 heteroatoms. The minimum Gasteiger partial charge on any atom is -0.309 e. The van der Waals surface area contributed by atoms with E-state index in [-0.39, 0.29) is 0 Å². The van der Waals surface area contributed by atoms with E-state index in [1.807, 2.05) is 6.07 Å². The normalized spacial score (nSPS) is 11.9. The SMILES string of the molecule is Clc1ccc(-c2cc3c4ccccc4c(-c4cccc5c4c4ccccc4n5-c4ccccc4)cc3c3ccccc23)c2ccccc12. The maximum atomic E-state index is 6.70. The van der Waals surface area contributed by atoms with Gasteiger partial charge >= 0.3 is 0 Å². The van der Waals surface area contributed by atoms with Crippen molar-refractivity contribution in [3.8, 4) is 27.9 Å². The lowest BCUT2D eigenvalue weighted by atomic mass is 9.86. The van der Waals surface area contributed by atoms with E-state index in [9.17, 15) is 0 Å². The van der Waals surface area contributed by atoms with Crippen molar-refractivity contribution < 1.29 is 0 Å². The molecule has 48 heavy (non-hydrogen) atoms. The van der Waals surface area contributed by atoms with Crippen LogP contribution in [0.5, 0.6) is 0 Å². The second-order valence-corrected chi connectivity index (χ2v) is 13.0. The van der Waals surface area contributed by atoms with Crippen LogP contribution in [0, 0.1) is 0 Å². The molecule has 0 bridgehead atoms. The Morgan fingerprint density at radius 1 is 0.312 bits per heavy atom. The fourth-order valence-electron chi connectivity index (χ4n) is 7.99. The second-order valence-electron chi connectivity index (χ2n) is 12.6. The van der Waals surface area contributed by atoms with Gasteiger partial charge in [-0.3, -0.25) is 0 Å². The van der Waals surface area contributed by atoms with E-state index < -0.39 is 0 Å². The summed E-state index contributed by atoms with van der Waals surface area (Å²) in [6, 6.07) is 61.5. The van der Waals surface area contributed by atoms with Crippen molar-refractivity contribution in [1.82, 2.24) is 4.57 Å². The Morgan fingerprint density at radius 3 is 1.48 bits per heavy atom. The Hall–Kier alpha value is -5.89. The summed E-state index contributed by atoms with van der Waals surface area (Å²) in [5, 5.41) is 13.0. The van der Waals surface area contributed by atoms with Crippen molar-refractivity contribution in [3.63, 3.8) is 0 Å². The van der Waals surface area contributed by atoms with Crippen molar-refractivity contribution in [2.45, 2.75) is 0 Å². The number of hydrogen-bond donors (Lipinski definition) is 0. The highest BCUT2D eigenvalue weighted by atomic mass is 35.5. The molecule has 0 amide bonds. The van der Waals surface area contributed by atoms with Gasteiger partial charge in [0.05, 0.1) is 11.0 Å². The number of fused-ring (bicyclic) bond motifs is 9. The maximum absolute atomic E-state index is 6.70. The first kappa shape index (κ1) is 27.2. The van der Waals surface area contributed by atoms with Gasteiger partial charge in [-0.2, -0.15) is 0 Å².